The van der Waals surface area contributed by atoms with Gasteiger partial charge in [-0.05, 0) is 49.2 Å². The van der Waals surface area contributed by atoms with E-state index in [1.807, 2.05) is 49.4 Å². The summed E-state index contributed by atoms with van der Waals surface area (Å²) >= 11 is 0. The monoisotopic (exact) mass is 499 g/mol. The van der Waals surface area contributed by atoms with Crippen LogP contribution in [-0.4, -0.2) is 46.9 Å². The van der Waals surface area contributed by atoms with E-state index in [-0.39, 0.29) is 36.7 Å². The molecule has 190 valence electrons. The first-order valence-electron chi connectivity index (χ1n) is 12.5. The average Bonchev–Trinajstić information content (AvgIpc) is 3.24. The number of benzene rings is 3. The minimum atomic E-state index is -1.63. The molecule has 8 heteroatoms. The van der Waals surface area contributed by atoms with E-state index in [4.69, 9.17) is 4.74 Å². The summed E-state index contributed by atoms with van der Waals surface area (Å²) in [4.78, 5) is 55.8. The number of para-hydroxylation sites is 1. The fourth-order valence-corrected chi connectivity index (χ4v) is 5.61. The summed E-state index contributed by atoms with van der Waals surface area (Å²) < 4.78 is 5.53. The maximum atomic E-state index is 13.7. The van der Waals surface area contributed by atoms with Crippen molar-refractivity contribution in [3.05, 3.63) is 77.9 Å². The van der Waals surface area contributed by atoms with Crippen LogP contribution in [0, 0.1) is 0 Å². The molecule has 2 atom stereocenters. The number of hydrogen-bond donors (Lipinski definition) is 1. The first kappa shape index (κ1) is 24.5. The predicted molar refractivity (Wildman–Crippen MR) is 139 cm³/mol. The Hall–Kier alpha value is -4.20. The molecule has 1 saturated heterocycles. The van der Waals surface area contributed by atoms with Crippen molar-refractivity contribution in [1.29, 1.82) is 0 Å². The molecule has 2 heterocycles. The minimum absolute atomic E-state index is 0.0875. The molecule has 0 spiro atoms. The van der Waals surface area contributed by atoms with Gasteiger partial charge in [0.1, 0.15) is 0 Å². The van der Waals surface area contributed by atoms with Crippen molar-refractivity contribution in [3.8, 4) is 0 Å². The minimum Gasteiger partial charge on any atom is -0.452 e. The summed E-state index contributed by atoms with van der Waals surface area (Å²) in [6.45, 7) is 4.93. The van der Waals surface area contributed by atoms with Crippen LogP contribution in [0.1, 0.15) is 55.6 Å². The predicted octanol–water partition coefficient (Wildman–Crippen LogP) is 3.95. The molecule has 5 rings (SSSR count). The lowest BCUT2D eigenvalue weighted by atomic mass is 9.95. The van der Waals surface area contributed by atoms with Gasteiger partial charge in [0.25, 0.3) is 11.8 Å². The number of carbonyl (C=O) groups excluding carboxylic acids is 4. The SMILES string of the molecule is CC(C)N1C(=O)c2ccccc2N2C(=O)CC[C@]21C(=O)OCC(=O)N[C@@H](C)c1cccc2ccccc12. The van der Waals surface area contributed by atoms with E-state index in [1.165, 1.54) is 9.80 Å². The van der Waals surface area contributed by atoms with Crippen LogP contribution in [0.25, 0.3) is 10.8 Å². The largest absolute Gasteiger partial charge is 0.452 e. The number of amides is 3. The zero-order chi connectivity index (χ0) is 26.3. The third-order valence-electron chi connectivity index (χ3n) is 7.14. The van der Waals surface area contributed by atoms with Crippen LogP contribution in [0.4, 0.5) is 5.69 Å². The second kappa shape index (κ2) is 9.35. The summed E-state index contributed by atoms with van der Waals surface area (Å²) in [6, 6.07) is 19.8. The van der Waals surface area contributed by atoms with Crippen molar-refractivity contribution in [2.45, 2.75) is 51.4 Å². The van der Waals surface area contributed by atoms with Gasteiger partial charge in [-0.1, -0.05) is 54.6 Å². The highest BCUT2D eigenvalue weighted by Crippen LogP contribution is 2.46. The zero-order valence-electron chi connectivity index (χ0n) is 21.1. The Kier molecular flexibility index (Phi) is 6.19. The van der Waals surface area contributed by atoms with Crippen molar-refractivity contribution in [3.63, 3.8) is 0 Å². The van der Waals surface area contributed by atoms with E-state index in [2.05, 4.69) is 5.32 Å². The molecule has 3 aromatic rings. The Balaban J connectivity index is 1.37. The smallest absolute Gasteiger partial charge is 0.354 e. The van der Waals surface area contributed by atoms with E-state index in [9.17, 15) is 19.2 Å². The van der Waals surface area contributed by atoms with Crippen LogP contribution in [0.3, 0.4) is 0 Å². The maximum absolute atomic E-state index is 13.7. The van der Waals surface area contributed by atoms with Gasteiger partial charge >= 0.3 is 5.97 Å². The molecular formula is C29H29N3O5. The van der Waals surface area contributed by atoms with Crippen molar-refractivity contribution < 1.29 is 23.9 Å². The van der Waals surface area contributed by atoms with Crippen LogP contribution >= 0.6 is 0 Å². The number of carbonyl (C=O) groups is 4. The summed E-state index contributed by atoms with van der Waals surface area (Å²) in [5.41, 5.74) is 0.0666. The summed E-state index contributed by atoms with van der Waals surface area (Å²) in [5.74, 6) is -1.87. The van der Waals surface area contributed by atoms with Gasteiger partial charge in [-0.2, -0.15) is 0 Å². The Morgan fingerprint density at radius 1 is 0.973 bits per heavy atom. The fraction of sp³-hybridized carbons (Fsp3) is 0.310. The molecule has 1 N–H and O–H groups in total. The highest BCUT2D eigenvalue weighted by molar-refractivity contribution is 6.15. The van der Waals surface area contributed by atoms with Crippen LogP contribution < -0.4 is 10.2 Å². The molecule has 0 unspecified atom stereocenters. The third-order valence-corrected chi connectivity index (χ3v) is 7.14. The molecule has 3 amide bonds. The maximum Gasteiger partial charge on any atom is 0.354 e. The lowest BCUT2D eigenvalue weighted by Crippen LogP contribution is -2.70. The fourth-order valence-electron chi connectivity index (χ4n) is 5.61. The Morgan fingerprint density at radius 3 is 2.46 bits per heavy atom. The van der Waals surface area contributed by atoms with E-state index in [0.717, 1.165) is 16.3 Å². The molecule has 0 bridgehead atoms. The molecule has 3 aromatic carbocycles. The molecule has 0 radical (unpaired) electrons. The molecule has 37 heavy (non-hydrogen) atoms. The summed E-state index contributed by atoms with van der Waals surface area (Å²) in [5, 5.41) is 4.99. The van der Waals surface area contributed by atoms with E-state index in [1.54, 1.807) is 38.1 Å². The molecule has 8 nitrogen and oxygen atoms in total. The average molecular weight is 500 g/mol. The van der Waals surface area contributed by atoms with Crippen molar-refractivity contribution in [2.24, 2.45) is 0 Å². The molecule has 2 aliphatic rings. The molecule has 2 aliphatic heterocycles. The van der Waals surface area contributed by atoms with Crippen molar-refractivity contribution in [1.82, 2.24) is 10.2 Å². The van der Waals surface area contributed by atoms with Gasteiger partial charge in [0.15, 0.2) is 6.61 Å². The molecule has 0 aromatic heterocycles. The van der Waals surface area contributed by atoms with E-state index < -0.39 is 24.1 Å². The van der Waals surface area contributed by atoms with Crippen molar-refractivity contribution >= 4 is 40.2 Å². The quantitative estimate of drug-likeness (QED) is 0.518. The highest BCUT2D eigenvalue weighted by atomic mass is 16.5. The van der Waals surface area contributed by atoms with Gasteiger partial charge in [-0.3, -0.25) is 19.3 Å². The number of nitrogens with zero attached hydrogens (tertiary/aromatic N) is 2. The van der Waals surface area contributed by atoms with E-state index in [0.29, 0.717) is 11.3 Å². The second-order valence-electron chi connectivity index (χ2n) is 9.77. The number of hydrogen-bond acceptors (Lipinski definition) is 5. The van der Waals surface area contributed by atoms with Gasteiger partial charge in [0.2, 0.25) is 11.6 Å². The van der Waals surface area contributed by atoms with Gasteiger partial charge in [-0.15, -0.1) is 0 Å². The number of ether oxygens (including phenoxy) is 1. The molecule has 0 aliphatic carbocycles. The Bertz CT molecular complexity index is 1410. The van der Waals surface area contributed by atoms with E-state index >= 15 is 0 Å². The van der Waals surface area contributed by atoms with Gasteiger partial charge in [0.05, 0.1) is 17.3 Å². The van der Waals surface area contributed by atoms with Crippen LogP contribution in [0.5, 0.6) is 0 Å². The third kappa shape index (κ3) is 3.93. The molecule has 1 fully saturated rings. The first-order chi connectivity index (χ1) is 17.8. The first-order valence-corrected chi connectivity index (χ1v) is 12.5. The zero-order valence-corrected chi connectivity index (χ0v) is 21.1. The van der Waals surface area contributed by atoms with Crippen molar-refractivity contribution in [2.75, 3.05) is 11.5 Å². The normalized spacial score (nSPS) is 19.6. The van der Waals surface area contributed by atoms with Gasteiger partial charge in [0, 0.05) is 18.9 Å². The Morgan fingerprint density at radius 2 is 1.68 bits per heavy atom. The Labute approximate surface area is 215 Å². The number of rotatable bonds is 6. The lowest BCUT2D eigenvalue weighted by Gasteiger charge is -2.50. The highest BCUT2D eigenvalue weighted by Gasteiger charge is 2.62. The standard InChI is InChI=1S/C29H29N3O5/c1-18(2)31-27(35)23-12-6-7-14-24(23)32-26(34)15-16-29(31,32)28(36)37-17-25(33)30-19(3)21-13-8-10-20-9-4-5-11-22(20)21/h4-14,18-19H,15-17H2,1-3H3,(H,30,33)/t19-,29+/m0/s1. The van der Waals surface area contributed by atoms with Crippen LogP contribution in [0.2, 0.25) is 0 Å². The summed E-state index contributed by atoms with van der Waals surface area (Å²) in [6.07, 6.45) is 0.182. The number of fused-ring (bicyclic) bond motifs is 4. The molecular weight excluding hydrogens is 470 g/mol. The number of esters is 1. The van der Waals surface area contributed by atoms with Crippen LogP contribution in [-0.2, 0) is 19.1 Å². The van der Waals surface area contributed by atoms with Gasteiger partial charge in [-0.25, -0.2) is 4.79 Å². The molecule has 0 saturated carbocycles. The topological polar surface area (TPSA) is 96.0 Å². The van der Waals surface area contributed by atoms with Gasteiger partial charge < -0.3 is 15.0 Å². The number of anilines is 1. The lowest BCUT2D eigenvalue weighted by molar-refractivity contribution is -0.161. The van der Waals surface area contributed by atoms with Crippen LogP contribution in [0.15, 0.2) is 66.7 Å². The number of nitrogens with one attached hydrogen (secondary N) is 1. The second-order valence-corrected chi connectivity index (χ2v) is 9.77. The summed E-state index contributed by atoms with van der Waals surface area (Å²) in [7, 11) is 0.